The first-order valence-electron chi connectivity index (χ1n) is 6.74. The van der Waals surface area contributed by atoms with E-state index in [0.717, 1.165) is 39.0 Å². The van der Waals surface area contributed by atoms with Crippen LogP contribution in [0.15, 0.2) is 0 Å². The maximum absolute atomic E-state index is 9.55. The zero-order valence-corrected chi connectivity index (χ0v) is 11.5. The second kappa shape index (κ2) is 7.31. The highest BCUT2D eigenvalue weighted by molar-refractivity contribution is 4.88. The van der Waals surface area contributed by atoms with Crippen molar-refractivity contribution in [1.82, 2.24) is 10.2 Å². The molecule has 0 radical (unpaired) electrons. The predicted molar refractivity (Wildman–Crippen MR) is 70.3 cm³/mol. The molecule has 2 unspecified atom stereocenters. The van der Waals surface area contributed by atoms with Crippen molar-refractivity contribution in [3.05, 3.63) is 0 Å². The van der Waals surface area contributed by atoms with E-state index in [-0.39, 0.29) is 12.1 Å². The molecule has 0 spiro atoms. The molecule has 0 amide bonds. The molecular formula is C13H28N2O2. The van der Waals surface area contributed by atoms with Gasteiger partial charge in [0.25, 0.3) is 0 Å². The lowest BCUT2D eigenvalue weighted by molar-refractivity contribution is 0.0153. The highest BCUT2D eigenvalue weighted by Gasteiger charge is 2.28. The Morgan fingerprint density at radius 3 is 2.88 bits per heavy atom. The fraction of sp³-hybridized carbons (Fsp3) is 1.00. The first-order valence-corrected chi connectivity index (χ1v) is 6.74. The molecule has 4 nitrogen and oxygen atoms in total. The monoisotopic (exact) mass is 244 g/mol. The van der Waals surface area contributed by atoms with Crippen LogP contribution in [0.25, 0.3) is 0 Å². The molecule has 2 atom stereocenters. The topological polar surface area (TPSA) is 44.7 Å². The SMILES string of the molecule is CCCNC(C)(CO)CN1CCCC(OC)C1. The third-order valence-corrected chi connectivity index (χ3v) is 3.52. The average Bonchev–Trinajstić information content (AvgIpc) is 2.36. The summed E-state index contributed by atoms with van der Waals surface area (Å²) in [6.45, 7) is 8.37. The van der Waals surface area contributed by atoms with Crippen LogP contribution in [0, 0.1) is 0 Å². The highest BCUT2D eigenvalue weighted by atomic mass is 16.5. The summed E-state index contributed by atoms with van der Waals surface area (Å²) in [6, 6.07) is 0. The lowest BCUT2D eigenvalue weighted by Crippen LogP contribution is -2.56. The number of methoxy groups -OCH3 is 1. The van der Waals surface area contributed by atoms with Crippen molar-refractivity contribution in [3.8, 4) is 0 Å². The number of likely N-dealkylation sites (tertiary alicyclic amines) is 1. The molecule has 0 aromatic heterocycles. The quantitative estimate of drug-likeness (QED) is 0.697. The van der Waals surface area contributed by atoms with Crippen molar-refractivity contribution in [3.63, 3.8) is 0 Å². The molecule has 4 heteroatoms. The maximum atomic E-state index is 9.55. The Bertz CT molecular complexity index is 214. The summed E-state index contributed by atoms with van der Waals surface area (Å²) in [4.78, 5) is 2.40. The molecule has 0 aromatic rings. The summed E-state index contributed by atoms with van der Waals surface area (Å²) >= 11 is 0. The highest BCUT2D eigenvalue weighted by Crippen LogP contribution is 2.15. The summed E-state index contributed by atoms with van der Waals surface area (Å²) in [5.41, 5.74) is -0.189. The van der Waals surface area contributed by atoms with E-state index in [1.807, 2.05) is 0 Å². The van der Waals surface area contributed by atoms with Gasteiger partial charge in [-0.15, -0.1) is 0 Å². The largest absolute Gasteiger partial charge is 0.394 e. The van der Waals surface area contributed by atoms with Gasteiger partial charge in [-0.25, -0.2) is 0 Å². The number of ether oxygens (including phenoxy) is 1. The van der Waals surface area contributed by atoms with Crippen molar-refractivity contribution < 1.29 is 9.84 Å². The van der Waals surface area contributed by atoms with Crippen LogP contribution < -0.4 is 5.32 Å². The molecule has 2 N–H and O–H groups in total. The van der Waals surface area contributed by atoms with Gasteiger partial charge in [0, 0.05) is 20.2 Å². The number of nitrogens with one attached hydrogen (secondary N) is 1. The van der Waals surface area contributed by atoms with Crippen LogP contribution in [0.5, 0.6) is 0 Å². The number of rotatable bonds is 7. The van der Waals surface area contributed by atoms with Gasteiger partial charge in [-0.1, -0.05) is 6.92 Å². The van der Waals surface area contributed by atoms with Gasteiger partial charge in [-0.2, -0.15) is 0 Å². The second-order valence-electron chi connectivity index (χ2n) is 5.38. The fourth-order valence-electron chi connectivity index (χ4n) is 2.43. The first-order chi connectivity index (χ1) is 8.13. The van der Waals surface area contributed by atoms with Crippen LogP contribution in [0.3, 0.4) is 0 Å². The molecule has 1 saturated heterocycles. The second-order valence-corrected chi connectivity index (χ2v) is 5.38. The number of nitrogens with zero attached hydrogens (tertiary/aromatic N) is 1. The van der Waals surface area contributed by atoms with Crippen LogP contribution in [0.1, 0.15) is 33.1 Å². The Balaban J connectivity index is 2.43. The molecule has 0 aromatic carbocycles. The van der Waals surface area contributed by atoms with Gasteiger partial charge >= 0.3 is 0 Å². The Hall–Kier alpha value is -0.160. The van der Waals surface area contributed by atoms with E-state index in [1.165, 1.54) is 6.42 Å². The minimum absolute atomic E-state index is 0.182. The van der Waals surface area contributed by atoms with Gasteiger partial charge in [-0.05, 0) is 39.3 Å². The Labute approximate surface area is 105 Å². The van der Waals surface area contributed by atoms with Crippen LogP contribution in [0.4, 0.5) is 0 Å². The standard InChI is InChI=1S/C13H28N2O2/c1-4-7-14-13(2,11-16)10-15-8-5-6-12(9-15)17-3/h12,14,16H,4-11H2,1-3H3. The number of aliphatic hydroxyl groups excluding tert-OH is 1. The molecule has 0 saturated carbocycles. The van der Waals surface area contributed by atoms with E-state index in [0.29, 0.717) is 6.10 Å². The van der Waals surface area contributed by atoms with Crippen LogP contribution >= 0.6 is 0 Å². The average molecular weight is 244 g/mol. The summed E-state index contributed by atoms with van der Waals surface area (Å²) in [5, 5.41) is 13.0. The molecule has 1 aliphatic heterocycles. The van der Waals surface area contributed by atoms with Crippen LogP contribution in [-0.2, 0) is 4.74 Å². The zero-order chi connectivity index (χ0) is 12.7. The van der Waals surface area contributed by atoms with Gasteiger partial charge < -0.3 is 15.2 Å². The van der Waals surface area contributed by atoms with Crippen molar-refractivity contribution in [2.45, 2.75) is 44.8 Å². The van der Waals surface area contributed by atoms with Crippen molar-refractivity contribution in [2.24, 2.45) is 0 Å². The smallest absolute Gasteiger partial charge is 0.0698 e. The zero-order valence-electron chi connectivity index (χ0n) is 11.5. The molecule has 1 heterocycles. The van der Waals surface area contributed by atoms with E-state index < -0.39 is 0 Å². The molecule has 0 bridgehead atoms. The number of aliphatic hydroxyl groups is 1. The summed E-state index contributed by atoms with van der Waals surface area (Å²) in [5.74, 6) is 0. The Morgan fingerprint density at radius 2 is 2.29 bits per heavy atom. The minimum atomic E-state index is -0.189. The van der Waals surface area contributed by atoms with Gasteiger partial charge in [0.05, 0.1) is 18.2 Å². The van der Waals surface area contributed by atoms with E-state index in [4.69, 9.17) is 4.74 Å². The van der Waals surface area contributed by atoms with Crippen molar-refractivity contribution >= 4 is 0 Å². The van der Waals surface area contributed by atoms with E-state index in [2.05, 4.69) is 24.1 Å². The number of hydrogen-bond donors (Lipinski definition) is 2. The third-order valence-electron chi connectivity index (χ3n) is 3.52. The fourth-order valence-corrected chi connectivity index (χ4v) is 2.43. The predicted octanol–water partition coefficient (Wildman–Crippen LogP) is 0.848. The first kappa shape index (κ1) is 14.9. The lowest BCUT2D eigenvalue weighted by atomic mass is 10.00. The maximum Gasteiger partial charge on any atom is 0.0698 e. The number of hydrogen-bond acceptors (Lipinski definition) is 4. The number of piperidine rings is 1. The van der Waals surface area contributed by atoms with E-state index in [1.54, 1.807) is 7.11 Å². The van der Waals surface area contributed by atoms with Gasteiger partial charge in [0.1, 0.15) is 0 Å². The van der Waals surface area contributed by atoms with Gasteiger partial charge in [0.2, 0.25) is 0 Å². The molecule has 0 aliphatic carbocycles. The van der Waals surface area contributed by atoms with Crippen molar-refractivity contribution in [2.75, 3.05) is 39.9 Å². The van der Waals surface area contributed by atoms with Crippen molar-refractivity contribution in [1.29, 1.82) is 0 Å². The van der Waals surface area contributed by atoms with Gasteiger partial charge in [-0.3, -0.25) is 4.90 Å². The summed E-state index contributed by atoms with van der Waals surface area (Å²) in [6.07, 6.45) is 3.80. The summed E-state index contributed by atoms with van der Waals surface area (Å²) < 4.78 is 5.43. The Kier molecular flexibility index (Phi) is 6.41. The normalized spacial score (nSPS) is 25.8. The van der Waals surface area contributed by atoms with Gasteiger partial charge in [0.15, 0.2) is 0 Å². The molecule has 17 heavy (non-hydrogen) atoms. The minimum Gasteiger partial charge on any atom is -0.394 e. The third kappa shape index (κ3) is 4.92. The molecular weight excluding hydrogens is 216 g/mol. The summed E-state index contributed by atoms with van der Waals surface area (Å²) in [7, 11) is 1.79. The molecule has 102 valence electrons. The van der Waals surface area contributed by atoms with E-state index in [9.17, 15) is 5.11 Å². The van der Waals surface area contributed by atoms with Crippen LogP contribution in [-0.4, -0.2) is 61.5 Å². The molecule has 1 fully saturated rings. The molecule has 1 rings (SSSR count). The van der Waals surface area contributed by atoms with E-state index >= 15 is 0 Å². The molecule has 1 aliphatic rings. The Morgan fingerprint density at radius 1 is 1.53 bits per heavy atom. The van der Waals surface area contributed by atoms with Crippen LogP contribution in [0.2, 0.25) is 0 Å². The lowest BCUT2D eigenvalue weighted by Gasteiger charge is -2.39.